The van der Waals surface area contributed by atoms with Crippen LogP contribution in [0.4, 0.5) is 4.39 Å². The number of rotatable bonds is 7. The minimum atomic E-state index is -0.347. The summed E-state index contributed by atoms with van der Waals surface area (Å²) in [6.45, 7) is 6.21. The Hall–Kier alpha value is -3.51. The van der Waals surface area contributed by atoms with Crippen molar-refractivity contribution >= 4 is 11.6 Å². The molecule has 1 amide bonds. The molecule has 1 fully saturated rings. The number of carbonyl (C=O) groups is 1. The van der Waals surface area contributed by atoms with E-state index in [1.165, 1.54) is 19.4 Å². The van der Waals surface area contributed by atoms with Crippen LogP contribution in [0.25, 0.3) is 5.65 Å². The molecule has 0 aliphatic carbocycles. The molecule has 0 bridgehead atoms. The molecule has 1 aromatic carbocycles. The maximum Gasteiger partial charge on any atom is 0.220 e. The standard InChI is InChI=1S/C25H29FN6O2/c1-16-21(17(2)32-25(29-16)19(13-27)14-28-32)5-7-24(33)30-20-8-10-31(11-9-20)15-18-4-6-23(34-3)22(26)12-18/h4,6,12,14,20H,5,7-11,15H2,1-3H3,(H,30,33). The summed E-state index contributed by atoms with van der Waals surface area (Å²) in [5, 5.41) is 16.6. The van der Waals surface area contributed by atoms with Crippen molar-refractivity contribution in [1.82, 2.24) is 24.8 Å². The van der Waals surface area contributed by atoms with Gasteiger partial charge < -0.3 is 10.1 Å². The zero-order valence-corrected chi connectivity index (χ0v) is 19.8. The molecule has 3 heterocycles. The van der Waals surface area contributed by atoms with E-state index in [0.29, 0.717) is 30.6 Å². The number of nitrogens with zero attached hydrogens (tertiary/aromatic N) is 5. The fourth-order valence-electron chi connectivity index (χ4n) is 4.59. The first kappa shape index (κ1) is 23.6. The number of aromatic nitrogens is 3. The number of halogens is 1. The van der Waals surface area contributed by atoms with Crippen molar-refractivity contribution in [1.29, 1.82) is 5.26 Å². The summed E-state index contributed by atoms with van der Waals surface area (Å²) in [4.78, 5) is 19.4. The quantitative estimate of drug-likeness (QED) is 0.577. The fourth-order valence-corrected chi connectivity index (χ4v) is 4.59. The number of fused-ring (bicyclic) bond motifs is 1. The van der Waals surface area contributed by atoms with E-state index in [0.717, 1.165) is 48.4 Å². The summed E-state index contributed by atoms with van der Waals surface area (Å²) in [5.74, 6) is -0.0735. The van der Waals surface area contributed by atoms with E-state index in [4.69, 9.17) is 4.74 Å². The Morgan fingerprint density at radius 3 is 2.76 bits per heavy atom. The van der Waals surface area contributed by atoms with Gasteiger partial charge in [0.15, 0.2) is 17.2 Å². The van der Waals surface area contributed by atoms with Crippen LogP contribution in [0.5, 0.6) is 5.75 Å². The number of piperidine rings is 1. The number of hydrogen-bond donors (Lipinski definition) is 1. The molecule has 1 saturated heterocycles. The largest absolute Gasteiger partial charge is 0.494 e. The van der Waals surface area contributed by atoms with E-state index in [2.05, 4.69) is 26.4 Å². The molecule has 3 aromatic rings. The zero-order chi connectivity index (χ0) is 24.2. The van der Waals surface area contributed by atoms with Gasteiger partial charge in [-0.05, 0) is 56.4 Å². The molecule has 0 unspecified atom stereocenters. The van der Waals surface area contributed by atoms with Crippen LogP contribution in [0.1, 0.15) is 47.3 Å². The third kappa shape index (κ3) is 5.02. The van der Waals surface area contributed by atoms with Crippen LogP contribution in [-0.2, 0) is 17.8 Å². The number of methoxy groups -OCH3 is 1. The monoisotopic (exact) mass is 464 g/mol. The number of ether oxygens (including phenoxy) is 1. The molecule has 2 aromatic heterocycles. The number of carbonyl (C=O) groups excluding carboxylic acids is 1. The molecular weight excluding hydrogens is 435 g/mol. The lowest BCUT2D eigenvalue weighted by molar-refractivity contribution is -0.122. The maximum atomic E-state index is 13.9. The van der Waals surface area contributed by atoms with Gasteiger partial charge in [-0.2, -0.15) is 10.4 Å². The summed E-state index contributed by atoms with van der Waals surface area (Å²) >= 11 is 0. The topological polar surface area (TPSA) is 95.5 Å². The third-order valence-electron chi connectivity index (χ3n) is 6.51. The number of aryl methyl sites for hydroxylation is 2. The van der Waals surface area contributed by atoms with Crippen molar-refractivity contribution < 1.29 is 13.9 Å². The number of hydrogen-bond acceptors (Lipinski definition) is 6. The fraction of sp³-hybridized carbons (Fsp3) is 0.440. The average Bonchev–Trinajstić information content (AvgIpc) is 3.23. The predicted molar refractivity (Wildman–Crippen MR) is 125 cm³/mol. The molecule has 8 nitrogen and oxygen atoms in total. The van der Waals surface area contributed by atoms with E-state index in [1.54, 1.807) is 10.6 Å². The SMILES string of the molecule is COc1ccc(CN2CCC(NC(=O)CCc3c(C)nc4c(C#N)cnn4c3C)CC2)cc1F. The Morgan fingerprint density at radius 2 is 2.09 bits per heavy atom. The first-order valence-electron chi connectivity index (χ1n) is 11.5. The molecule has 0 atom stereocenters. The van der Waals surface area contributed by atoms with Gasteiger partial charge in [-0.3, -0.25) is 9.69 Å². The highest BCUT2D eigenvalue weighted by molar-refractivity contribution is 5.76. The van der Waals surface area contributed by atoms with Crippen molar-refractivity contribution in [3.8, 4) is 11.8 Å². The highest BCUT2D eigenvalue weighted by Gasteiger charge is 2.22. The number of amides is 1. The third-order valence-corrected chi connectivity index (χ3v) is 6.51. The Labute approximate surface area is 198 Å². The van der Waals surface area contributed by atoms with Crippen LogP contribution in [0, 0.1) is 31.0 Å². The molecule has 1 aliphatic rings. The van der Waals surface area contributed by atoms with E-state index in [9.17, 15) is 14.4 Å². The van der Waals surface area contributed by atoms with Crippen molar-refractivity contribution in [3.63, 3.8) is 0 Å². The summed E-state index contributed by atoms with van der Waals surface area (Å²) < 4.78 is 20.6. The van der Waals surface area contributed by atoms with E-state index < -0.39 is 0 Å². The minimum Gasteiger partial charge on any atom is -0.494 e. The lowest BCUT2D eigenvalue weighted by Crippen LogP contribution is -2.44. The van der Waals surface area contributed by atoms with Crippen LogP contribution in [0.2, 0.25) is 0 Å². The van der Waals surface area contributed by atoms with E-state index >= 15 is 0 Å². The van der Waals surface area contributed by atoms with Gasteiger partial charge in [-0.1, -0.05) is 6.07 Å². The van der Waals surface area contributed by atoms with Crippen molar-refractivity contribution in [2.75, 3.05) is 20.2 Å². The Balaban J connectivity index is 1.27. The molecule has 178 valence electrons. The van der Waals surface area contributed by atoms with E-state index in [1.807, 2.05) is 19.9 Å². The summed E-state index contributed by atoms with van der Waals surface area (Å²) in [5.41, 5.74) is 4.61. The lowest BCUT2D eigenvalue weighted by atomic mass is 10.0. The molecule has 4 rings (SSSR count). The van der Waals surface area contributed by atoms with Crippen molar-refractivity contribution in [2.45, 2.75) is 52.1 Å². The molecule has 34 heavy (non-hydrogen) atoms. The molecule has 0 spiro atoms. The molecule has 1 N–H and O–H groups in total. The lowest BCUT2D eigenvalue weighted by Gasteiger charge is -2.32. The number of benzene rings is 1. The van der Waals surface area contributed by atoms with Gasteiger partial charge in [0.2, 0.25) is 5.91 Å². The molecule has 9 heteroatoms. The van der Waals surface area contributed by atoms with Crippen LogP contribution < -0.4 is 10.1 Å². The zero-order valence-electron chi connectivity index (χ0n) is 19.8. The second-order valence-electron chi connectivity index (χ2n) is 8.75. The first-order chi connectivity index (χ1) is 16.4. The summed E-state index contributed by atoms with van der Waals surface area (Å²) in [7, 11) is 1.46. The van der Waals surface area contributed by atoms with Gasteiger partial charge in [0, 0.05) is 43.5 Å². The average molecular weight is 465 g/mol. The molecule has 0 saturated carbocycles. The van der Waals surface area contributed by atoms with Gasteiger partial charge in [-0.15, -0.1) is 0 Å². The van der Waals surface area contributed by atoms with E-state index in [-0.39, 0.29) is 23.5 Å². The first-order valence-corrected chi connectivity index (χ1v) is 11.5. The highest BCUT2D eigenvalue weighted by Crippen LogP contribution is 2.21. The van der Waals surface area contributed by atoms with Crippen LogP contribution in [-0.4, -0.2) is 51.6 Å². The number of nitriles is 1. The van der Waals surface area contributed by atoms with Crippen LogP contribution >= 0.6 is 0 Å². The summed E-state index contributed by atoms with van der Waals surface area (Å²) in [6, 6.07) is 7.31. The second-order valence-corrected chi connectivity index (χ2v) is 8.75. The van der Waals surface area contributed by atoms with Gasteiger partial charge in [0.1, 0.15) is 11.6 Å². The normalized spacial score (nSPS) is 14.8. The predicted octanol–water partition coefficient (Wildman–Crippen LogP) is 3.08. The van der Waals surface area contributed by atoms with Crippen LogP contribution in [0.3, 0.4) is 0 Å². The Kier molecular flexibility index (Phi) is 7.08. The van der Waals surface area contributed by atoms with Gasteiger partial charge >= 0.3 is 0 Å². The smallest absolute Gasteiger partial charge is 0.220 e. The maximum absolute atomic E-state index is 13.9. The second kappa shape index (κ2) is 10.2. The highest BCUT2D eigenvalue weighted by atomic mass is 19.1. The minimum absolute atomic E-state index is 0.0211. The molecule has 0 radical (unpaired) electrons. The number of nitrogens with one attached hydrogen (secondary N) is 1. The van der Waals surface area contributed by atoms with Crippen molar-refractivity contribution in [3.05, 3.63) is 58.3 Å². The van der Waals surface area contributed by atoms with Crippen molar-refractivity contribution in [2.24, 2.45) is 0 Å². The van der Waals surface area contributed by atoms with Gasteiger partial charge in [0.05, 0.1) is 13.3 Å². The Morgan fingerprint density at radius 1 is 1.32 bits per heavy atom. The molecule has 1 aliphatic heterocycles. The van der Waals surface area contributed by atoms with Crippen LogP contribution in [0.15, 0.2) is 24.4 Å². The Bertz CT molecular complexity index is 1240. The summed E-state index contributed by atoms with van der Waals surface area (Å²) in [6.07, 6.45) is 4.17. The molecular formula is C25H29FN6O2. The van der Waals surface area contributed by atoms with Gasteiger partial charge in [0.25, 0.3) is 0 Å². The number of likely N-dealkylation sites (tertiary alicyclic amines) is 1. The van der Waals surface area contributed by atoms with Gasteiger partial charge in [-0.25, -0.2) is 13.9 Å².